The van der Waals surface area contributed by atoms with Crippen molar-refractivity contribution in [1.82, 2.24) is 0 Å². The van der Waals surface area contributed by atoms with Crippen molar-refractivity contribution in [3.63, 3.8) is 0 Å². The number of ether oxygens (including phenoxy) is 1. The maximum Gasteiger partial charge on any atom is 0.331 e. The minimum Gasteiger partial charge on any atom is -0.452 e. The summed E-state index contributed by atoms with van der Waals surface area (Å²) in [5.41, 5.74) is 0.560. The van der Waals surface area contributed by atoms with Crippen molar-refractivity contribution in [2.75, 3.05) is 0 Å². The van der Waals surface area contributed by atoms with Crippen LogP contribution in [-0.2, 0) is 9.53 Å². The highest BCUT2D eigenvalue weighted by molar-refractivity contribution is 5.85. The molecule has 0 amide bonds. The summed E-state index contributed by atoms with van der Waals surface area (Å²) < 4.78 is 5.86. The highest BCUT2D eigenvalue weighted by Gasteiger charge is 2.69. The second-order valence-corrected chi connectivity index (χ2v) is 13.1. The molecule has 168 valence electrons. The molecule has 1 aliphatic heterocycles. The van der Waals surface area contributed by atoms with Gasteiger partial charge in [0.05, 0.1) is 6.10 Å². The molecule has 9 atom stereocenters. The van der Waals surface area contributed by atoms with Gasteiger partial charge in [-0.25, -0.2) is 4.79 Å². The average molecular weight is 415 g/mol. The van der Waals surface area contributed by atoms with Gasteiger partial charge in [0.25, 0.3) is 0 Å². The van der Waals surface area contributed by atoms with Crippen LogP contribution in [0.2, 0.25) is 0 Å². The van der Waals surface area contributed by atoms with Crippen molar-refractivity contribution in [3.05, 3.63) is 12.2 Å². The number of carbonyl (C=O) groups excluding carboxylic acids is 1. The molecule has 30 heavy (non-hydrogen) atoms. The van der Waals surface area contributed by atoms with E-state index in [2.05, 4.69) is 41.5 Å². The molecule has 1 heterocycles. The Morgan fingerprint density at radius 2 is 1.53 bits per heavy atom. The van der Waals surface area contributed by atoms with Gasteiger partial charge in [0, 0.05) is 12.0 Å². The zero-order valence-corrected chi connectivity index (χ0v) is 20.0. The van der Waals surface area contributed by atoms with E-state index < -0.39 is 5.60 Å². The molecular formula is C27H42O3. The summed E-state index contributed by atoms with van der Waals surface area (Å²) in [5, 5.41) is 10.8. The molecule has 3 nitrogen and oxygen atoms in total. The Bertz CT molecular complexity index is 785. The number of hydrogen-bond donors (Lipinski definition) is 1. The lowest BCUT2D eigenvalue weighted by molar-refractivity contribution is -0.224. The summed E-state index contributed by atoms with van der Waals surface area (Å²) in [5.74, 6) is 2.24. The molecule has 0 bridgehead atoms. The minimum absolute atomic E-state index is 0.0145. The minimum atomic E-state index is -0.416. The molecular weight excluding hydrogens is 372 g/mol. The van der Waals surface area contributed by atoms with E-state index in [-0.39, 0.29) is 17.5 Å². The van der Waals surface area contributed by atoms with Gasteiger partial charge in [-0.1, -0.05) is 34.6 Å². The fraction of sp³-hybridized carbons (Fsp3) is 0.889. The molecule has 9 unspecified atom stereocenters. The number of cyclic esters (lactones) is 1. The molecule has 4 saturated carbocycles. The lowest BCUT2D eigenvalue weighted by atomic mass is 9.35. The second-order valence-electron chi connectivity index (χ2n) is 13.1. The van der Waals surface area contributed by atoms with Gasteiger partial charge in [-0.2, -0.15) is 0 Å². The standard InChI is InChI=1S/C27H42O3/c1-23(2)19-10-15-26(5)20(24(19,3)13-11-21(23)28)8-7-17-18(9-14-25(17,26)4)27(6)16-12-22(29)30-27/h12,16-21,28H,7-11,13-15H2,1-6H3. The van der Waals surface area contributed by atoms with E-state index in [9.17, 15) is 9.90 Å². The molecule has 0 aromatic carbocycles. The van der Waals surface area contributed by atoms with E-state index in [0.29, 0.717) is 34.0 Å². The second kappa shape index (κ2) is 6.15. The van der Waals surface area contributed by atoms with Gasteiger partial charge in [-0.15, -0.1) is 0 Å². The highest BCUT2D eigenvalue weighted by Crippen LogP contribution is 2.75. The number of carbonyl (C=O) groups is 1. The zero-order valence-electron chi connectivity index (χ0n) is 20.0. The smallest absolute Gasteiger partial charge is 0.331 e. The van der Waals surface area contributed by atoms with E-state index in [1.54, 1.807) is 6.08 Å². The van der Waals surface area contributed by atoms with E-state index in [4.69, 9.17) is 4.74 Å². The molecule has 5 aliphatic rings. The molecule has 1 N–H and O–H groups in total. The van der Waals surface area contributed by atoms with Crippen LogP contribution in [0.3, 0.4) is 0 Å². The van der Waals surface area contributed by atoms with Crippen LogP contribution in [0.4, 0.5) is 0 Å². The third-order valence-electron chi connectivity index (χ3n) is 12.0. The quantitative estimate of drug-likeness (QED) is 0.543. The zero-order chi connectivity index (χ0) is 21.7. The van der Waals surface area contributed by atoms with E-state index in [0.717, 1.165) is 12.3 Å². The summed E-state index contributed by atoms with van der Waals surface area (Å²) in [6.45, 7) is 14.6. The number of aliphatic hydroxyl groups excluding tert-OH is 1. The molecule has 5 rings (SSSR count). The Kier molecular flexibility index (Phi) is 4.31. The monoisotopic (exact) mass is 414 g/mol. The molecule has 0 spiro atoms. The summed E-state index contributed by atoms with van der Waals surface area (Å²) in [7, 11) is 0. The number of esters is 1. The van der Waals surface area contributed by atoms with Gasteiger partial charge in [0.1, 0.15) is 5.60 Å². The van der Waals surface area contributed by atoms with E-state index >= 15 is 0 Å². The summed E-state index contributed by atoms with van der Waals surface area (Å²) in [6, 6.07) is 0. The SMILES string of the molecule is CC1(C2CCC3(C)C2CCC2C4(C)CCC(O)C(C)(C)C4CCC23C)C=CC(=O)O1. The van der Waals surface area contributed by atoms with Crippen molar-refractivity contribution in [2.24, 2.45) is 45.3 Å². The van der Waals surface area contributed by atoms with Gasteiger partial charge in [0.15, 0.2) is 0 Å². The number of rotatable bonds is 1. The Balaban J connectivity index is 1.50. The third kappa shape index (κ3) is 2.39. The summed E-state index contributed by atoms with van der Waals surface area (Å²) in [6.07, 6.45) is 13.1. The fourth-order valence-corrected chi connectivity index (χ4v) is 10.1. The predicted molar refractivity (Wildman–Crippen MR) is 119 cm³/mol. The Hall–Kier alpha value is -0.830. The third-order valence-corrected chi connectivity index (χ3v) is 12.0. The maximum absolute atomic E-state index is 11.9. The highest BCUT2D eigenvalue weighted by atomic mass is 16.6. The summed E-state index contributed by atoms with van der Waals surface area (Å²) in [4.78, 5) is 11.9. The van der Waals surface area contributed by atoms with Gasteiger partial charge < -0.3 is 9.84 Å². The molecule has 0 aromatic rings. The van der Waals surface area contributed by atoms with Crippen LogP contribution in [-0.4, -0.2) is 22.8 Å². The predicted octanol–water partition coefficient (Wildman–Crippen LogP) is 5.90. The van der Waals surface area contributed by atoms with E-state index in [1.165, 1.54) is 44.9 Å². The van der Waals surface area contributed by atoms with Crippen LogP contribution in [0.25, 0.3) is 0 Å². The van der Waals surface area contributed by atoms with E-state index in [1.807, 2.05) is 6.08 Å². The van der Waals surface area contributed by atoms with Crippen LogP contribution in [0.5, 0.6) is 0 Å². The molecule has 0 aromatic heterocycles. The van der Waals surface area contributed by atoms with Crippen molar-refractivity contribution < 1.29 is 14.6 Å². The Morgan fingerprint density at radius 1 is 0.833 bits per heavy atom. The van der Waals surface area contributed by atoms with Crippen LogP contribution in [0, 0.1) is 45.3 Å². The largest absolute Gasteiger partial charge is 0.452 e. The fourth-order valence-electron chi connectivity index (χ4n) is 10.1. The van der Waals surface area contributed by atoms with Crippen molar-refractivity contribution in [2.45, 2.75) is 105 Å². The molecule has 4 fully saturated rings. The Morgan fingerprint density at radius 3 is 2.20 bits per heavy atom. The first-order chi connectivity index (χ1) is 13.9. The van der Waals surface area contributed by atoms with Crippen LogP contribution < -0.4 is 0 Å². The molecule has 3 heteroatoms. The van der Waals surface area contributed by atoms with Gasteiger partial charge in [-0.3, -0.25) is 0 Å². The first kappa shape index (κ1) is 21.0. The van der Waals surface area contributed by atoms with Gasteiger partial charge >= 0.3 is 5.97 Å². The van der Waals surface area contributed by atoms with Crippen molar-refractivity contribution in [1.29, 1.82) is 0 Å². The molecule has 4 aliphatic carbocycles. The number of hydrogen-bond acceptors (Lipinski definition) is 3. The maximum atomic E-state index is 11.9. The van der Waals surface area contributed by atoms with Crippen LogP contribution >= 0.6 is 0 Å². The summed E-state index contributed by atoms with van der Waals surface area (Å²) >= 11 is 0. The molecule has 0 radical (unpaired) electrons. The van der Waals surface area contributed by atoms with Crippen molar-refractivity contribution >= 4 is 5.97 Å². The normalized spacial score (nSPS) is 56.8. The van der Waals surface area contributed by atoms with Gasteiger partial charge in [-0.05, 0) is 104 Å². The Labute approximate surface area is 183 Å². The van der Waals surface area contributed by atoms with Gasteiger partial charge in [0.2, 0.25) is 0 Å². The number of fused-ring (bicyclic) bond motifs is 5. The molecule has 0 saturated heterocycles. The number of aliphatic hydroxyl groups is 1. The average Bonchev–Trinajstić information content (AvgIpc) is 3.20. The van der Waals surface area contributed by atoms with Crippen molar-refractivity contribution in [3.8, 4) is 0 Å². The topological polar surface area (TPSA) is 46.5 Å². The first-order valence-corrected chi connectivity index (χ1v) is 12.5. The lowest BCUT2D eigenvalue weighted by Crippen LogP contribution is -2.64. The lowest BCUT2D eigenvalue weighted by Gasteiger charge is -2.70. The van der Waals surface area contributed by atoms with Crippen LogP contribution in [0.1, 0.15) is 92.9 Å². The first-order valence-electron chi connectivity index (χ1n) is 12.5. The van der Waals surface area contributed by atoms with Crippen LogP contribution in [0.15, 0.2) is 12.2 Å².